The second kappa shape index (κ2) is 5.21. The molecular formula is C14H25N5. The molecule has 2 heterocycles. The Bertz CT molecular complexity index is 419. The monoisotopic (exact) mass is 263 g/mol. The molecule has 1 saturated heterocycles. The summed E-state index contributed by atoms with van der Waals surface area (Å²) in [4.78, 5) is 7.13. The van der Waals surface area contributed by atoms with E-state index in [1.807, 2.05) is 0 Å². The van der Waals surface area contributed by atoms with Crippen molar-refractivity contribution in [2.45, 2.75) is 57.7 Å². The summed E-state index contributed by atoms with van der Waals surface area (Å²) in [5, 5.41) is 7.94. The molecule has 0 unspecified atom stereocenters. The first kappa shape index (κ1) is 13.1. The molecule has 0 atom stereocenters. The number of hydrogen-bond acceptors (Lipinski definition) is 4. The lowest BCUT2D eigenvalue weighted by Crippen LogP contribution is -2.59. The molecule has 0 amide bonds. The number of rotatable bonds is 3. The first-order valence-electron chi connectivity index (χ1n) is 7.55. The zero-order valence-corrected chi connectivity index (χ0v) is 12.1. The van der Waals surface area contributed by atoms with Crippen molar-refractivity contribution < 1.29 is 0 Å². The third kappa shape index (κ3) is 2.41. The normalized spacial score (nSPS) is 23.5. The summed E-state index contributed by atoms with van der Waals surface area (Å²) in [5.41, 5.74) is 0.381. The smallest absolute Gasteiger partial charge is 0.141 e. The van der Waals surface area contributed by atoms with Crippen molar-refractivity contribution in [1.82, 2.24) is 25.0 Å². The van der Waals surface area contributed by atoms with Gasteiger partial charge in [0.15, 0.2) is 0 Å². The predicted molar refractivity (Wildman–Crippen MR) is 74.9 cm³/mol. The lowest BCUT2D eigenvalue weighted by molar-refractivity contribution is 0.0531. The third-order valence-corrected chi connectivity index (χ3v) is 4.69. The second-order valence-corrected chi connectivity index (χ2v) is 6.24. The van der Waals surface area contributed by atoms with Gasteiger partial charge in [-0.1, -0.05) is 12.8 Å². The van der Waals surface area contributed by atoms with Crippen LogP contribution < -0.4 is 5.32 Å². The Hall–Kier alpha value is -0.940. The minimum atomic E-state index is 0.381. The van der Waals surface area contributed by atoms with E-state index in [4.69, 9.17) is 0 Å². The summed E-state index contributed by atoms with van der Waals surface area (Å²) in [6.45, 7) is 8.65. The molecule has 1 spiro atoms. The zero-order chi connectivity index (χ0) is 13.3. The average molecular weight is 263 g/mol. The highest BCUT2D eigenvalue weighted by atomic mass is 15.4. The van der Waals surface area contributed by atoms with Gasteiger partial charge in [-0.05, 0) is 26.7 Å². The number of hydrogen-bond donors (Lipinski definition) is 1. The fraction of sp³-hybridized carbons (Fsp3) is 0.857. The van der Waals surface area contributed by atoms with E-state index in [1.165, 1.54) is 25.7 Å². The van der Waals surface area contributed by atoms with E-state index in [0.717, 1.165) is 32.0 Å². The molecule has 1 aromatic rings. The van der Waals surface area contributed by atoms with Crippen molar-refractivity contribution in [3.63, 3.8) is 0 Å². The van der Waals surface area contributed by atoms with Crippen LogP contribution in [-0.2, 0) is 6.54 Å². The van der Waals surface area contributed by atoms with Crippen LogP contribution in [0.1, 0.15) is 51.4 Å². The molecule has 106 valence electrons. The summed E-state index contributed by atoms with van der Waals surface area (Å²) in [5.74, 6) is 1.11. The van der Waals surface area contributed by atoms with Crippen LogP contribution in [0, 0.1) is 0 Å². The summed E-state index contributed by atoms with van der Waals surface area (Å²) in [6.07, 6.45) is 7.09. The van der Waals surface area contributed by atoms with Gasteiger partial charge in [-0.3, -0.25) is 4.90 Å². The van der Waals surface area contributed by atoms with Gasteiger partial charge in [-0.2, -0.15) is 5.10 Å². The minimum Gasteiger partial charge on any atom is -0.314 e. The van der Waals surface area contributed by atoms with Gasteiger partial charge >= 0.3 is 0 Å². The summed E-state index contributed by atoms with van der Waals surface area (Å²) < 4.78 is 2.06. The van der Waals surface area contributed by atoms with Crippen molar-refractivity contribution in [3.05, 3.63) is 12.2 Å². The van der Waals surface area contributed by atoms with E-state index >= 15 is 0 Å². The molecule has 5 nitrogen and oxygen atoms in total. The first-order chi connectivity index (χ1) is 9.21. The largest absolute Gasteiger partial charge is 0.314 e. The first-order valence-corrected chi connectivity index (χ1v) is 7.55. The van der Waals surface area contributed by atoms with Gasteiger partial charge in [0.2, 0.25) is 0 Å². The zero-order valence-electron chi connectivity index (χ0n) is 12.1. The van der Waals surface area contributed by atoms with Gasteiger partial charge in [0.25, 0.3) is 0 Å². The van der Waals surface area contributed by atoms with Crippen LogP contribution in [-0.4, -0.2) is 44.8 Å². The molecule has 5 heteroatoms. The molecule has 3 rings (SSSR count). The maximum Gasteiger partial charge on any atom is 0.141 e. The summed E-state index contributed by atoms with van der Waals surface area (Å²) >= 11 is 0. The Labute approximate surface area is 115 Å². The fourth-order valence-electron chi connectivity index (χ4n) is 3.65. The van der Waals surface area contributed by atoms with Crippen LogP contribution in [0.15, 0.2) is 6.33 Å². The SMILES string of the molecule is CC(C)n1ncnc1CN1CCNCC12CCCC2. The van der Waals surface area contributed by atoms with Gasteiger partial charge < -0.3 is 5.32 Å². The molecule has 2 fully saturated rings. The average Bonchev–Trinajstić information content (AvgIpc) is 3.02. The van der Waals surface area contributed by atoms with Gasteiger partial charge in [0, 0.05) is 31.2 Å². The Morgan fingerprint density at radius 2 is 2.16 bits per heavy atom. The maximum absolute atomic E-state index is 4.48. The van der Waals surface area contributed by atoms with E-state index in [9.17, 15) is 0 Å². The van der Waals surface area contributed by atoms with Crippen LogP contribution in [0.3, 0.4) is 0 Å². The lowest BCUT2D eigenvalue weighted by Gasteiger charge is -2.45. The number of nitrogens with one attached hydrogen (secondary N) is 1. The Kier molecular flexibility index (Phi) is 3.58. The van der Waals surface area contributed by atoms with Crippen molar-refractivity contribution in [2.24, 2.45) is 0 Å². The number of nitrogens with zero attached hydrogens (tertiary/aromatic N) is 4. The Balaban J connectivity index is 1.78. The third-order valence-electron chi connectivity index (χ3n) is 4.69. The topological polar surface area (TPSA) is 46.0 Å². The van der Waals surface area contributed by atoms with Crippen LogP contribution in [0.2, 0.25) is 0 Å². The summed E-state index contributed by atoms with van der Waals surface area (Å²) in [6, 6.07) is 0.389. The highest BCUT2D eigenvalue weighted by Crippen LogP contribution is 2.36. The van der Waals surface area contributed by atoms with Crippen LogP contribution in [0.5, 0.6) is 0 Å². The van der Waals surface area contributed by atoms with E-state index < -0.39 is 0 Å². The molecule has 0 radical (unpaired) electrons. The second-order valence-electron chi connectivity index (χ2n) is 6.24. The van der Waals surface area contributed by atoms with Gasteiger partial charge in [0.05, 0.1) is 6.54 Å². The Morgan fingerprint density at radius 1 is 1.37 bits per heavy atom. The van der Waals surface area contributed by atoms with Crippen molar-refractivity contribution in [1.29, 1.82) is 0 Å². The van der Waals surface area contributed by atoms with Gasteiger partial charge in [0.1, 0.15) is 12.2 Å². The quantitative estimate of drug-likeness (QED) is 0.899. The van der Waals surface area contributed by atoms with Crippen LogP contribution in [0.25, 0.3) is 0 Å². The molecule has 1 N–H and O–H groups in total. The standard InChI is InChI=1S/C14H25N5/c1-12(2)19-13(16-11-17-19)9-18-8-7-15-10-14(18)5-3-4-6-14/h11-12,15H,3-10H2,1-2H3. The fourth-order valence-corrected chi connectivity index (χ4v) is 3.65. The molecule has 0 aromatic carbocycles. The molecule has 1 aromatic heterocycles. The van der Waals surface area contributed by atoms with E-state index in [1.54, 1.807) is 6.33 Å². The molecule has 1 aliphatic carbocycles. The maximum atomic E-state index is 4.48. The van der Waals surface area contributed by atoms with E-state index in [0.29, 0.717) is 11.6 Å². The lowest BCUT2D eigenvalue weighted by atomic mass is 9.92. The van der Waals surface area contributed by atoms with Gasteiger partial charge in [-0.15, -0.1) is 0 Å². The Morgan fingerprint density at radius 3 is 2.89 bits per heavy atom. The van der Waals surface area contributed by atoms with Crippen LogP contribution in [0.4, 0.5) is 0 Å². The molecule has 2 aliphatic rings. The number of piperazine rings is 1. The van der Waals surface area contributed by atoms with E-state index in [-0.39, 0.29) is 0 Å². The number of aromatic nitrogens is 3. The van der Waals surface area contributed by atoms with E-state index in [2.05, 4.69) is 38.8 Å². The van der Waals surface area contributed by atoms with Crippen LogP contribution >= 0.6 is 0 Å². The molecule has 0 bridgehead atoms. The van der Waals surface area contributed by atoms with Crippen molar-refractivity contribution in [2.75, 3.05) is 19.6 Å². The molecular weight excluding hydrogens is 238 g/mol. The molecule has 19 heavy (non-hydrogen) atoms. The summed E-state index contributed by atoms with van der Waals surface area (Å²) in [7, 11) is 0. The van der Waals surface area contributed by atoms with Crippen molar-refractivity contribution in [3.8, 4) is 0 Å². The molecule has 1 aliphatic heterocycles. The van der Waals surface area contributed by atoms with Crippen molar-refractivity contribution >= 4 is 0 Å². The highest BCUT2D eigenvalue weighted by molar-refractivity contribution is 5.01. The minimum absolute atomic E-state index is 0.381. The van der Waals surface area contributed by atoms with Gasteiger partial charge in [-0.25, -0.2) is 9.67 Å². The predicted octanol–water partition coefficient (Wildman–Crippen LogP) is 1.58. The molecule has 1 saturated carbocycles. The highest BCUT2D eigenvalue weighted by Gasteiger charge is 2.41.